The van der Waals surface area contributed by atoms with E-state index in [0.29, 0.717) is 0 Å². The minimum atomic E-state index is 0.115. The van der Waals surface area contributed by atoms with Gasteiger partial charge in [0.15, 0.2) is 0 Å². The Morgan fingerprint density at radius 2 is 0.544 bits per heavy atom. The topological polar surface area (TPSA) is 25.8 Å². The molecule has 1 heterocycles. The molecule has 2 nitrogen and oxygen atoms in total. The van der Waals surface area contributed by atoms with Gasteiger partial charge in [0.05, 0.1) is 11.7 Å². The van der Waals surface area contributed by atoms with Gasteiger partial charge in [-0.05, 0) is 122 Å². The lowest BCUT2D eigenvalue weighted by atomic mass is 9.78. The summed E-state index contributed by atoms with van der Waals surface area (Å²) in [5.41, 5.74) is 16.3. The molecule has 68 heavy (non-hydrogen) atoms. The Labute approximate surface area is 420 Å². The highest BCUT2D eigenvalue weighted by atomic mass is 32.1. The minimum absolute atomic E-state index is 0.115. The van der Waals surface area contributed by atoms with Gasteiger partial charge in [0.1, 0.15) is 11.0 Å². The summed E-state index contributed by atoms with van der Waals surface area (Å²) < 4.78 is 8.98. The van der Waals surface area contributed by atoms with Crippen LogP contribution in [0, 0.1) is 6.92 Å². The van der Waals surface area contributed by atoms with Gasteiger partial charge < -0.3 is 0 Å². The van der Waals surface area contributed by atoms with Gasteiger partial charge in [-0.3, -0.25) is 0 Å². The van der Waals surface area contributed by atoms with Crippen LogP contribution in [-0.2, 0) is 43.3 Å². The molecule has 7 aromatic rings. The van der Waals surface area contributed by atoms with Gasteiger partial charge in [-0.25, -0.2) is 0 Å². The monoisotopic (exact) mass is 933 g/mol. The van der Waals surface area contributed by atoms with Crippen LogP contribution < -0.4 is 0 Å². The lowest BCUT2D eigenvalue weighted by molar-refractivity contribution is 0.573. The molecule has 3 heteroatoms. The Balaban J connectivity index is 0.000000198. The quantitative estimate of drug-likeness (QED) is 0.151. The molecule has 0 spiro atoms. The number of rotatable bonds is 0. The first-order valence-electron chi connectivity index (χ1n) is 25.2. The van der Waals surface area contributed by atoms with Crippen molar-refractivity contribution in [1.82, 2.24) is 8.75 Å². The highest BCUT2D eigenvalue weighted by molar-refractivity contribution is 7.00. The number of aromatic nitrogens is 2. The maximum absolute atomic E-state index is 4.49. The predicted molar refractivity (Wildman–Crippen MR) is 306 cm³/mol. The Hall–Kier alpha value is -4.34. The zero-order valence-electron chi connectivity index (χ0n) is 47.6. The molecule has 0 N–H and O–H groups in total. The van der Waals surface area contributed by atoms with Gasteiger partial charge in [-0.1, -0.05) is 269 Å². The van der Waals surface area contributed by atoms with Crippen molar-refractivity contribution >= 4 is 44.3 Å². The Bertz CT molecular complexity index is 2580. The molecule has 0 saturated carbocycles. The fourth-order valence-electron chi connectivity index (χ4n) is 9.27. The van der Waals surface area contributed by atoms with Crippen LogP contribution >= 0.6 is 11.7 Å². The second kappa shape index (κ2) is 20.2. The molecule has 0 aliphatic heterocycles. The number of nitrogens with zero attached hydrogens (tertiary/aromatic N) is 2. The van der Waals surface area contributed by atoms with Crippen LogP contribution in [0.4, 0.5) is 0 Å². The normalized spacial score (nSPS) is 13.1. The van der Waals surface area contributed by atoms with Gasteiger partial charge in [-0.2, -0.15) is 8.75 Å². The van der Waals surface area contributed by atoms with Crippen LogP contribution in [0.3, 0.4) is 0 Å². The van der Waals surface area contributed by atoms with E-state index in [1.165, 1.54) is 83.3 Å². The van der Waals surface area contributed by atoms with E-state index in [4.69, 9.17) is 0 Å². The first-order chi connectivity index (χ1) is 30.8. The fraction of sp³-hybridized carbons (Fsp3) is 0.508. The highest BCUT2D eigenvalue weighted by Crippen LogP contribution is 2.39. The van der Waals surface area contributed by atoms with Crippen molar-refractivity contribution in [2.45, 2.75) is 216 Å². The van der Waals surface area contributed by atoms with E-state index < -0.39 is 0 Å². The average Bonchev–Trinajstić information content (AvgIpc) is 3.67. The smallest absolute Gasteiger partial charge is 0.108 e. The highest BCUT2D eigenvalue weighted by Gasteiger charge is 2.26. The van der Waals surface area contributed by atoms with Crippen LogP contribution in [0.15, 0.2) is 103 Å². The second-order valence-corrected chi connectivity index (χ2v) is 28.1. The summed E-state index contributed by atoms with van der Waals surface area (Å²) in [4.78, 5) is 0. The third-order valence-corrected chi connectivity index (χ3v) is 13.5. The number of benzene rings is 6. The van der Waals surface area contributed by atoms with E-state index >= 15 is 0 Å². The lowest BCUT2D eigenvalue weighted by Crippen LogP contribution is -2.16. The largest absolute Gasteiger partial charge is 0.173 e. The van der Waals surface area contributed by atoms with E-state index in [-0.39, 0.29) is 43.3 Å². The van der Waals surface area contributed by atoms with Crippen molar-refractivity contribution in [1.29, 1.82) is 0 Å². The maximum Gasteiger partial charge on any atom is 0.108 e. The van der Waals surface area contributed by atoms with Gasteiger partial charge in [-0.15, -0.1) is 0 Å². The summed E-state index contributed by atoms with van der Waals surface area (Å²) in [6.07, 6.45) is 0. The maximum atomic E-state index is 4.49. The van der Waals surface area contributed by atoms with Crippen molar-refractivity contribution in [2.24, 2.45) is 0 Å². The molecule has 0 aliphatic rings. The molecule has 1 aromatic heterocycles. The van der Waals surface area contributed by atoms with E-state index in [1.54, 1.807) is 0 Å². The third kappa shape index (κ3) is 13.9. The zero-order valence-corrected chi connectivity index (χ0v) is 48.4. The van der Waals surface area contributed by atoms with E-state index in [9.17, 15) is 0 Å². The molecule has 7 rings (SSSR count). The Morgan fingerprint density at radius 1 is 0.279 bits per heavy atom. The summed E-state index contributed by atoms with van der Waals surface area (Å²) in [6.45, 7) is 56.5. The molecule has 368 valence electrons. The van der Waals surface area contributed by atoms with Crippen molar-refractivity contribution in [3.63, 3.8) is 0 Å². The third-order valence-electron chi connectivity index (χ3n) is 13.0. The van der Waals surface area contributed by atoms with Gasteiger partial charge in [0.2, 0.25) is 0 Å². The number of aryl methyl sites for hydroxylation is 1. The van der Waals surface area contributed by atoms with Gasteiger partial charge >= 0.3 is 0 Å². The zero-order chi connectivity index (χ0) is 51.8. The summed E-state index contributed by atoms with van der Waals surface area (Å²) in [6, 6.07) is 38.1. The summed E-state index contributed by atoms with van der Waals surface area (Å²) in [7, 11) is 0. The first kappa shape index (κ1) is 56.2. The Morgan fingerprint density at radius 3 is 0.824 bits per heavy atom. The van der Waals surface area contributed by atoms with Crippen LogP contribution in [0.5, 0.6) is 0 Å². The first-order valence-corrected chi connectivity index (χ1v) is 25.9. The molecular weight excluding hydrogens is 841 g/mol. The molecule has 0 amide bonds. The predicted octanol–water partition coefficient (Wildman–Crippen LogP) is 19.7. The summed E-state index contributed by atoms with van der Waals surface area (Å²) >= 11 is 1.31. The molecule has 0 saturated heterocycles. The molecule has 0 atom stereocenters. The van der Waals surface area contributed by atoms with Crippen molar-refractivity contribution in [3.05, 3.63) is 153 Å². The number of fused-ring (bicyclic) bond motifs is 3. The van der Waals surface area contributed by atoms with Crippen molar-refractivity contribution < 1.29 is 0 Å². The van der Waals surface area contributed by atoms with E-state index in [0.717, 1.165) is 11.0 Å². The van der Waals surface area contributed by atoms with Gasteiger partial charge in [0, 0.05) is 0 Å². The number of hydrogen-bond donors (Lipinski definition) is 0. The summed E-state index contributed by atoms with van der Waals surface area (Å²) in [5, 5.41) is 5.60. The molecule has 0 unspecified atom stereocenters. The minimum Gasteiger partial charge on any atom is -0.173 e. The standard InChI is InChI=1S/2C18H24.C15H24.C14H20N2S/c1-17(2,3)15-11-7-10-14-13(15)9-8-12-16(14)18(4,5)6;1-17(2,3)15-11-12-16(18(4,5)6)14-10-8-7-9-13(14)15;1-11-10-12(14(2,3)4)8-9-13(11)15(5,6)7;1-13(2,3)9-7-8-10(14(4,5)6)12-11(9)15-17-16-12/h2*7-12H,1-6H3;8-10H,1-7H3;7-8H,1-6H3. The molecule has 0 fully saturated rings. The second-order valence-electron chi connectivity index (χ2n) is 27.6. The molecular formula is C65H92N2S. The van der Waals surface area contributed by atoms with Gasteiger partial charge in [0.25, 0.3) is 0 Å². The SMILES string of the molecule is CC(C)(C)c1ccc(C(C)(C)C)c2ccccc12.CC(C)(C)c1ccc(C(C)(C)C)c2nsnc12.CC(C)(C)c1cccc2c(C(C)(C)C)cccc12.Cc1cc(C(C)(C)C)ccc1C(C)(C)C. The molecule has 0 aliphatic carbocycles. The van der Waals surface area contributed by atoms with Crippen LogP contribution in [0.25, 0.3) is 32.6 Å². The summed E-state index contributed by atoms with van der Waals surface area (Å²) in [5.74, 6) is 0. The van der Waals surface area contributed by atoms with Crippen LogP contribution in [-0.4, -0.2) is 8.75 Å². The molecule has 6 aromatic carbocycles. The van der Waals surface area contributed by atoms with Crippen LogP contribution in [0.2, 0.25) is 0 Å². The van der Waals surface area contributed by atoms with Crippen LogP contribution in [0.1, 0.15) is 216 Å². The average molecular weight is 934 g/mol. The fourth-order valence-corrected chi connectivity index (χ4v) is 9.85. The van der Waals surface area contributed by atoms with E-state index in [1.807, 2.05) is 0 Å². The number of hydrogen-bond acceptors (Lipinski definition) is 3. The molecule has 0 bridgehead atoms. The van der Waals surface area contributed by atoms with E-state index in [2.05, 4.69) is 285 Å². The van der Waals surface area contributed by atoms with Crippen molar-refractivity contribution in [3.8, 4) is 0 Å². The van der Waals surface area contributed by atoms with Crippen molar-refractivity contribution in [2.75, 3.05) is 0 Å². The molecule has 0 radical (unpaired) electrons. The Kier molecular flexibility index (Phi) is 16.7. The lowest BCUT2D eigenvalue weighted by Gasteiger charge is -2.26.